The van der Waals surface area contributed by atoms with E-state index < -0.39 is 0 Å². The van der Waals surface area contributed by atoms with Crippen molar-refractivity contribution >= 4 is 45.3 Å². The first-order chi connectivity index (χ1) is 15.0. The molecule has 4 rings (SSSR count). The van der Waals surface area contributed by atoms with Crippen LogP contribution in [-0.2, 0) is 6.54 Å². The van der Waals surface area contributed by atoms with E-state index in [2.05, 4.69) is 55.4 Å². The van der Waals surface area contributed by atoms with E-state index in [9.17, 15) is 4.79 Å². The number of nitrogens with one attached hydrogen (secondary N) is 1. The van der Waals surface area contributed by atoms with Crippen molar-refractivity contribution in [3.63, 3.8) is 0 Å². The summed E-state index contributed by atoms with van der Waals surface area (Å²) in [7, 11) is 0. The van der Waals surface area contributed by atoms with Crippen LogP contribution in [0.5, 0.6) is 0 Å². The predicted octanol–water partition coefficient (Wildman–Crippen LogP) is 4.86. The van der Waals surface area contributed by atoms with Crippen LogP contribution in [0.15, 0.2) is 46.4 Å². The third-order valence-corrected chi connectivity index (χ3v) is 7.01. The summed E-state index contributed by atoms with van der Waals surface area (Å²) >= 11 is 4.41. The molecule has 1 saturated carbocycles. The fourth-order valence-electron chi connectivity index (χ4n) is 4.25. The van der Waals surface area contributed by atoms with Crippen LogP contribution >= 0.6 is 28.0 Å². The van der Waals surface area contributed by atoms with Crippen LogP contribution in [0.1, 0.15) is 48.5 Å². The molecule has 2 heterocycles. The molecule has 1 aliphatic carbocycles. The average molecular weight is 504 g/mol. The minimum atomic E-state index is -0.118. The van der Waals surface area contributed by atoms with E-state index in [0.29, 0.717) is 36.0 Å². The maximum absolute atomic E-state index is 13.3. The van der Waals surface area contributed by atoms with Crippen molar-refractivity contribution in [3.8, 4) is 0 Å². The number of aromatic nitrogens is 2. The monoisotopic (exact) mass is 503 g/mol. The molecule has 1 fully saturated rings. The van der Waals surface area contributed by atoms with Crippen molar-refractivity contribution in [3.05, 3.63) is 52.4 Å². The predicted molar refractivity (Wildman–Crippen MR) is 127 cm³/mol. The highest BCUT2D eigenvalue weighted by atomic mass is 79.9. The summed E-state index contributed by atoms with van der Waals surface area (Å²) < 4.78 is 10.1. The summed E-state index contributed by atoms with van der Waals surface area (Å²) in [5, 5.41) is 10.1. The standard InChI is InChI=1S/C22H26BrN5O2S/c1-14-7-20(27-28(14)11-15-3-2-4-17(23)8-15)21(29)19-10-24-13-25-22(19)26-18-6-5-16(9-18)12-31-30/h2-4,8,10,13-14,16,18,30H,5-7,9,11-12H2,1H3,(H,24,25,26). The smallest absolute Gasteiger partial charge is 0.214 e. The number of carbonyl (C=O) groups excluding carboxylic acids is 1. The van der Waals surface area contributed by atoms with Crippen LogP contribution in [0.4, 0.5) is 5.82 Å². The van der Waals surface area contributed by atoms with Gasteiger partial charge in [0.25, 0.3) is 0 Å². The van der Waals surface area contributed by atoms with Crippen LogP contribution in [-0.4, -0.2) is 48.9 Å². The van der Waals surface area contributed by atoms with E-state index in [0.717, 1.165) is 47.1 Å². The van der Waals surface area contributed by atoms with Crippen molar-refractivity contribution in [2.75, 3.05) is 11.1 Å². The molecule has 9 heteroatoms. The Labute approximate surface area is 195 Å². The normalized spacial score (nSPS) is 23.1. The van der Waals surface area contributed by atoms with Gasteiger partial charge in [-0.3, -0.25) is 9.80 Å². The number of anilines is 1. The summed E-state index contributed by atoms with van der Waals surface area (Å²) in [5.74, 6) is 1.69. The topological polar surface area (TPSA) is 90.7 Å². The number of hydrogen-bond acceptors (Lipinski definition) is 8. The van der Waals surface area contributed by atoms with Crippen LogP contribution in [0.3, 0.4) is 0 Å². The van der Waals surface area contributed by atoms with Crippen molar-refractivity contribution in [1.29, 1.82) is 0 Å². The summed E-state index contributed by atoms with van der Waals surface area (Å²) in [6.07, 6.45) is 6.67. The molecule has 0 radical (unpaired) electrons. The van der Waals surface area contributed by atoms with Crippen LogP contribution < -0.4 is 5.32 Å². The Balaban J connectivity index is 1.47. The Morgan fingerprint density at radius 3 is 3.06 bits per heavy atom. The molecule has 1 aromatic carbocycles. The number of hydrogen-bond donors (Lipinski definition) is 2. The van der Waals surface area contributed by atoms with Gasteiger partial charge in [-0.1, -0.05) is 28.1 Å². The summed E-state index contributed by atoms with van der Waals surface area (Å²) in [4.78, 5) is 21.7. The maximum Gasteiger partial charge on any atom is 0.214 e. The first-order valence-electron chi connectivity index (χ1n) is 10.5. The summed E-state index contributed by atoms with van der Waals surface area (Å²) in [5.41, 5.74) is 2.15. The van der Waals surface area contributed by atoms with Gasteiger partial charge in [-0.05, 0) is 61.8 Å². The molecule has 3 unspecified atom stereocenters. The van der Waals surface area contributed by atoms with Gasteiger partial charge in [0.15, 0.2) is 0 Å². The third kappa shape index (κ3) is 5.45. The molecule has 1 aromatic heterocycles. The molecule has 7 nitrogen and oxygen atoms in total. The van der Waals surface area contributed by atoms with Crippen molar-refractivity contribution in [2.45, 2.75) is 51.2 Å². The highest BCUT2D eigenvalue weighted by Gasteiger charge is 2.31. The molecule has 0 bridgehead atoms. The molecular weight excluding hydrogens is 478 g/mol. The van der Waals surface area contributed by atoms with E-state index in [-0.39, 0.29) is 17.9 Å². The van der Waals surface area contributed by atoms with Crippen LogP contribution in [0.25, 0.3) is 0 Å². The van der Waals surface area contributed by atoms with Crippen molar-refractivity contribution in [1.82, 2.24) is 15.0 Å². The van der Waals surface area contributed by atoms with Gasteiger partial charge in [-0.2, -0.15) is 5.10 Å². The van der Waals surface area contributed by atoms with Gasteiger partial charge in [0.1, 0.15) is 17.9 Å². The first kappa shape index (κ1) is 22.2. The number of halogens is 1. The van der Waals surface area contributed by atoms with E-state index >= 15 is 0 Å². The number of benzene rings is 1. The van der Waals surface area contributed by atoms with Crippen molar-refractivity contribution in [2.24, 2.45) is 11.0 Å². The number of ketones is 1. The second kappa shape index (κ2) is 10.1. The molecule has 1 aliphatic heterocycles. The second-order valence-electron chi connectivity index (χ2n) is 8.26. The molecule has 2 aromatic rings. The van der Waals surface area contributed by atoms with Gasteiger partial charge in [0.2, 0.25) is 5.78 Å². The summed E-state index contributed by atoms with van der Waals surface area (Å²) in [6.45, 7) is 2.74. The maximum atomic E-state index is 13.3. The minimum absolute atomic E-state index is 0.118. The molecule has 0 amide bonds. The van der Waals surface area contributed by atoms with Gasteiger partial charge < -0.3 is 9.87 Å². The molecule has 0 spiro atoms. The van der Waals surface area contributed by atoms with E-state index in [1.165, 1.54) is 6.33 Å². The van der Waals surface area contributed by atoms with Gasteiger partial charge >= 0.3 is 0 Å². The Morgan fingerprint density at radius 2 is 2.26 bits per heavy atom. The Kier molecular flexibility index (Phi) is 7.24. The summed E-state index contributed by atoms with van der Waals surface area (Å²) in [6, 6.07) is 8.51. The first-order valence-corrected chi connectivity index (χ1v) is 12.2. The number of nitrogens with zero attached hydrogens (tertiary/aromatic N) is 4. The molecule has 2 aliphatic rings. The SMILES string of the molecule is CC1CC(C(=O)c2cncnc2NC2CCC(CSO)C2)=NN1Cc1cccc(Br)c1. The average Bonchev–Trinajstić information content (AvgIpc) is 3.35. The highest BCUT2D eigenvalue weighted by molar-refractivity contribution is 9.10. The zero-order valence-electron chi connectivity index (χ0n) is 17.4. The largest absolute Gasteiger partial charge is 0.367 e. The van der Waals surface area contributed by atoms with Gasteiger partial charge in [0, 0.05) is 28.9 Å². The quantitative estimate of drug-likeness (QED) is 0.392. The number of carbonyl (C=O) groups is 1. The molecular formula is C22H26BrN5O2S. The van der Waals surface area contributed by atoms with Gasteiger partial charge in [-0.15, -0.1) is 0 Å². The molecule has 2 N–H and O–H groups in total. The lowest BCUT2D eigenvalue weighted by molar-refractivity contribution is 0.106. The minimum Gasteiger partial charge on any atom is -0.367 e. The van der Waals surface area contributed by atoms with Gasteiger partial charge in [-0.25, -0.2) is 9.97 Å². The Bertz CT molecular complexity index is 972. The molecule has 31 heavy (non-hydrogen) atoms. The fraction of sp³-hybridized carbons (Fsp3) is 0.455. The number of hydrazone groups is 1. The lowest BCUT2D eigenvalue weighted by Crippen LogP contribution is -2.23. The Morgan fingerprint density at radius 1 is 1.39 bits per heavy atom. The number of rotatable bonds is 8. The van der Waals surface area contributed by atoms with E-state index in [1.807, 2.05) is 17.1 Å². The fourth-order valence-corrected chi connectivity index (χ4v) is 5.21. The lowest BCUT2D eigenvalue weighted by atomic mass is 10.0. The van der Waals surface area contributed by atoms with E-state index in [1.54, 1.807) is 6.20 Å². The molecule has 3 atom stereocenters. The zero-order valence-corrected chi connectivity index (χ0v) is 19.8. The number of Topliss-reactive ketones (excluding diaryl/α,β-unsaturated/α-hetero) is 1. The van der Waals surface area contributed by atoms with Crippen LogP contribution in [0.2, 0.25) is 0 Å². The zero-order chi connectivity index (χ0) is 21.8. The van der Waals surface area contributed by atoms with Crippen molar-refractivity contribution < 1.29 is 9.35 Å². The molecule has 164 valence electrons. The molecule has 0 saturated heterocycles. The lowest BCUT2D eigenvalue weighted by Gasteiger charge is -2.19. The van der Waals surface area contributed by atoms with E-state index in [4.69, 9.17) is 4.55 Å². The van der Waals surface area contributed by atoms with Gasteiger partial charge in [0.05, 0.1) is 18.2 Å². The second-order valence-corrected chi connectivity index (χ2v) is 9.76. The highest BCUT2D eigenvalue weighted by Crippen LogP contribution is 2.31. The van der Waals surface area contributed by atoms with Crippen LogP contribution in [0, 0.1) is 5.92 Å². The Hall–Kier alpha value is -1.97. The third-order valence-electron chi connectivity index (χ3n) is 5.89.